The fourth-order valence-corrected chi connectivity index (χ4v) is 1.22. The number of hydrogen-bond acceptors (Lipinski definition) is 3. The van der Waals surface area contributed by atoms with Gasteiger partial charge in [0.1, 0.15) is 0 Å². The molecule has 1 aromatic heterocycles. The Labute approximate surface area is 83.8 Å². The van der Waals surface area contributed by atoms with Gasteiger partial charge in [0.2, 0.25) is 0 Å². The van der Waals surface area contributed by atoms with Crippen molar-refractivity contribution in [1.82, 2.24) is 4.98 Å². The maximum absolute atomic E-state index is 8.71. The normalized spacial score (nSPS) is 13.0. The lowest BCUT2D eigenvalue weighted by Gasteiger charge is -2.00. The van der Waals surface area contributed by atoms with Crippen molar-refractivity contribution in [1.29, 1.82) is 0 Å². The molecule has 0 aliphatic carbocycles. The highest BCUT2D eigenvalue weighted by molar-refractivity contribution is 6.02. The zero-order chi connectivity index (χ0) is 10.4. The molecule has 0 bridgehead atoms. The minimum atomic E-state index is 0.710. The number of rotatable bonds is 3. The van der Waals surface area contributed by atoms with E-state index in [1.165, 1.54) is 0 Å². The van der Waals surface area contributed by atoms with Gasteiger partial charge in [-0.15, -0.1) is 0 Å². The van der Waals surface area contributed by atoms with Crippen molar-refractivity contribution >= 4 is 11.8 Å². The van der Waals surface area contributed by atoms with Crippen molar-refractivity contribution in [2.45, 2.75) is 20.3 Å². The zero-order valence-corrected chi connectivity index (χ0v) is 8.44. The Morgan fingerprint density at radius 2 is 2.14 bits per heavy atom. The highest BCUT2D eigenvalue weighted by Gasteiger charge is 1.99. The Morgan fingerprint density at radius 3 is 2.64 bits per heavy atom. The minimum absolute atomic E-state index is 0.710. The summed E-state index contributed by atoms with van der Waals surface area (Å²) in [5, 5.41) is 11.9. The highest BCUT2D eigenvalue weighted by Crippen LogP contribution is 2.08. The van der Waals surface area contributed by atoms with E-state index in [1.807, 2.05) is 32.1 Å². The fourth-order valence-electron chi connectivity index (χ4n) is 1.22. The molecule has 1 heterocycles. The van der Waals surface area contributed by atoms with E-state index in [1.54, 1.807) is 12.4 Å². The van der Waals surface area contributed by atoms with Gasteiger partial charge in [-0.05, 0) is 42.7 Å². The van der Waals surface area contributed by atoms with Crippen LogP contribution in [-0.4, -0.2) is 15.9 Å². The van der Waals surface area contributed by atoms with Gasteiger partial charge in [-0.25, -0.2) is 0 Å². The third-order valence-corrected chi connectivity index (χ3v) is 2.00. The predicted molar refractivity (Wildman–Crippen MR) is 57.4 cm³/mol. The molecular weight excluding hydrogens is 176 g/mol. The van der Waals surface area contributed by atoms with E-state index in [-0.39, 0.29) is 0 Å². The molecule has 0 aliphatic heterocycles. The second-order valence-corrected chi connectivity index (χ2v) is 3.01. The number of allylic oxidation sites excluding steroid dienone is 1. The van der Waals surface area contributed by atoms with Gasteiger partial charge in [-0.1, -0.05) is 12.1 Å². The van der Waals surface area contributed by atoms with E-state index in [0.717, 1.165) is 17.6 Å². The molecule has 1 N–H and O–H groups in total. The first-order chi connectivity index (χ1) is 6.77. The Balaban J connectivity index is 2.89. The lowest BCUT2D eigenvalue weighted by Crippen LogP contribution is -1.97. The summed E-state index contributed by atoms with van der Waals surface area (Å²) < 4.78 is 0. The topological polar surface area (TPSA) is 45.5 Å². The van der Waals surface area contributed by atoms with Crippen molar-refractivity contribution in [3.8, 4) is 0 Å². The minimum Gasteiger partial charge on any atom is -0.411 e. The van der Waals surface area contributed by atoms with E-state index >= 15 is 0 Å². The lowest BCUT2D eigenvalue weighted by molar-refractivity contribution is 0.318. The smallest absolute Gasteiger partial charge is 0.0822 e. The van der Waals surface area contributed by atoms with Crippen LogP contribution in [0, 0.1) is 0 Å². The maximum Gasteiger partial charge on any atom is 0.0822 e. The van der Waals surface area contributed by atoms with Gasteiger partial charge in [0.25, 0.3) is 0 Å². The molecule has 3 heteroatoms. The van der Waals surface area contributed by atoms with Crippen LogP contribution in [0.5, 0.6) is 0 Å². The van der Waals surface area contributed by atoms with E-state index in [9.17, 15) is 0 Å². The van der Waals surface area contributed by atoms with Gasteiger partial charge in [0.15, 0.2) is 0 Å². The Kier molecular flexibility index (Phi) is 3.85. The Hall–Kier alpha value is -1.64. The molecule has 0 saturated heterocycles. The molecule has 1 aromatic rings. The first-order valence-corrected chi connectivity index (χ1v) is 4.57. The summed E-state index contributed by atoms with van der Waals surface area (Å²) >= 11 is 0. The third-order valence-electron chi connectivity index (χ3n) is 2.00. The Bertz CT molecular complexity index is 342. The molecule has 0 unspecified atom stereocenters. The fraction of sp³-hybridized carbons (Fsp3) is 0.273. The van der Waals surface area contributed by atoms with Gasteiger partial charge in [0, 0.05) is 12.4 Å². The molecule has 0 radical (unpaired) electrons. The number of pyridine rings is 1. The van der Waals surface area contributed by atoms with Gasteiger partial charge >= 0.3 is 0 Å². The van der Waals surface area contributed by atoms with Crippen molar-refractivity contribution < 1.29 is 5.21 Å². The lowest BCUT2D eigenvalue weighted by atomic mass is 10.1. The quantitative estimate of drug-likeness (QED) is 0.452. The summed E-state index contributed by atoms with van der Waals surface area (Å²) in [4.78, 5) is 3.93. The second-order valence-electron chi connectivity index (χ2n) is 3.01. The van der Waals surface area contributed by atoms with Crippen molar-refractivity contribution in [2.24, 2.45) is 5.16 Å². The molecule has 0 saturated carbocycles. The molecule has 14 heavy (non-hydrogen) atoms. The highest BCUT2D eigenvalue weighted by atomic mass is 16.4. The molecule has 0 spiro atoms. The van der Waals surface area contributed by atoms with E-state index in [4.69, 9.17) is 5.21 Å². The molecule has 0 fully saturated rings. The van der Waals surface area contributed by atoms with Crippen LogP contribution in [0.4, 0.5) is 0 Å². The monoisotopic (exact) mass is 190 g/mol. The number of aromatic nitrogens is 1. The van der Waals surface area contributed by atoms with Crippen molar-refractivity contribution in [3.63, 3.8) is 0 Å². The molecule has 0 atom stereocenters. The summed E-state index contributed by atoms with van der Waals surface area (Å²) in [5.41, 5.74) is 2.75. The molecule has 1 rings (SSSR count). The number of nitrogens with zero attached hydrogens (tertiary/aromatic N) is 2. The summed E-state index contributed by atoms with van der Waals surface area (Å²) in [5.74, 6) is 0. The van der Waals surface area contributed by atoms with Crippen molar-refractivity contribution in [2.75, 3.05) is 0 Å². The predicted octanol–water partition coefficient (Wildman–Crippen LogP) is 2.73. The van der Waals surface area contributed by atoms with Crippen LogP contribution < -0.4 is 0 Å². The van der Waals surface area contributed by atoms with Crippen LogP contribution in [-0.2, 0) is 0 Å². The zero-order valence-electron chi connectivity index (χ0n) is 8.44. The van der Waals surface area contributed by atoms with Crippen LogP contribution in [0.1, 0.15) is 25.8 Å². The number of oxime groups is 1. The average Bonchev–Trinajstić information content (AvgIpc) is 2.21. The van der Waals surface area contributed by atoms with Gasteiger partial charge < -0.3 is 5.21 Å². The number of hydrogen-bond donors (Lipinski definition) is 1. The molecule has 0 aliphatic rings. The first-order valence-electron chi connectivity index (χ1n) is 4.57. The van der Waals surface area contributed by atoms with Crippen LogP contribution >= 0.6 is 0 Å². The molecule has 74 valence electrons. The second kappa shape index (κ2) is 5.17. The molecule has 0 aromatic carbocycles. The summed E-state index contributed by atoms with van der Waals surface area (Å²) in [6.45, 7) is 3.89. The first kappa shape index (κ1) is 10.4. The SMILES string of the molecule is CCC(=N/O)/C(C)=C/c1ccncc1. The molecule has 0 amide bonds. The summed E-state index contributed by atoms with van der Waals surface area (Å²) in [6, 6.07) is 3.82. The summed E-state index contributed by atoms with van der Waals surface area (Å²) in [7, 11) is 0. The van der Waals surface area contributed by atoms with E-state index in [0.29, 0.717) is 5.71 Å². The molecule has 3 nitrogen and oxygen atoms in total. The summed E-state index contributed by atoms with van der Waals surface area (Å²) in [6.07, 6.45) is 6.17. The largest absolute Gasteiger partial charge is 0.411 e. The van der Waals surface area contributed by atoms with Crippen LogP contribution in [0.3, 0.4) is 0 Å². The standard InChI is InChI=1S/C11H14N2O/c1-3-11(13-14)9(2)8-10-4-6-12-7-5-10/h4-8,14H,3H2,1-2H3/b9-8+,13-11-. The maximum atomic E-state index is 8.71. The van der Waals surface area contributed by atoms with E-state index < -0.39 is 0 Å². The van der Waals surface area contributed by atoms with Crippen LogP contribution in [0.2, 0.25) is 0 Å². The van der Waals surface area contributed by atoms with Crippen molar-refractivity contribution in [3.05, 3.63) is 35.7 Å². The van der Waals surface area contributed by atoms with Gasteiger partial charge in [-0.2, -0.15) is 0 Å². The Morgan fingerprint density at radius 1 is 1.50 bits per heavy atom. The van der Waals surface area contributed by atoms with Crippen LogP contribution in [0.25, 0.3) is 6.08 Å². The molecular formula is C11H14N2O. The van der Waals surface area contributed by atoms with Gasteiger partial charge in [0.05, 0.1) is 5.71 Å². The third kappa shape index (κ3) is 2.69. The average molecular weight is 190 g/mol. The van der Waals surface area contributed by atoms with Gasteiger partial charge in [-0.3, -0.25) is 4.98 Å². The van der Waals surface area contributed by atoms with E-state index in [2.05, 4.69) is 10.1 Å². The van der Waals surface area contributed by atoms with Crippen LogP contribution in [0.15, 0.2) is 35.3 Å².